The molecule has 76 valence electrons. The predicted molar refractivity (Wildman–Crippen MR) is 59.4 cm³/mol. The molecular weight excluding hydrogens is 174 g/mol. The molecule has 0 aliphatic carbocycles. The Bertz CT molecular complexity index is 356. The summed E-state index contributed by atoms with van der Waals surface area (Å²) in [6.07, 6.45) is 1.43. The van der Waals surface area contributed by atoms with E-state index in [0.717, 1.165) is 28.8 Å². The fourth-order valence-electron chi connectivity index (χ4n) is 1.59. The first-order valence-electron chi connectivity index (χ1n) is 4.92. The Morgan fingerprint density at radius 3 is 2.50 bits per heavy atom. The van der Waals surface area contributed by atoms with Crippen molar-refractivity contribution in [2.75, 3.05) is 5.73 Å². The number of rotatable bonds is 3. The van der Waals surface area contributed by atoms with E-state index in [1.54, 1.807) is 6.92 Å². The fraction of sp³-hybridized carbons (Fsp3) is 0.417. The van der Waals surface area contributed by atoms with Crippen molar-refractivity contribution in [3.8, 4) is 0 Å². The molecule has 0 aliphatic rings. The van der Waals surface area contributed by atoms with Crippen molar-refractivity contribution in [1.82, 2.24) is 0 Å². The van der Waals surface area contributed by atoms with Crippen molar-refractivity contribution < 1.29 is 4.79 Å². The molecule has 0 atom stereocenters. The van der Waals surface area contributed by atoms with Crippen LogP contribution in [-0.4, -0.2) is 5.78 Å². The minimum absolute atomic E-state index is 0.194. The Hall–Kier alpha value is -1.31. The van der Waals surface area contributed by atoms with Crippen LogP contribution in [0.1, 0.15) is 30.5 Å². The average molecular weight is 191 g/mol. The summed E-state index contributed by atoms with van der Waals surface area (Å²) in [5.74, 6) is 0.194. The lowest BCUT2D eigenvalue weighted by molar-refractivity contribution is -0.116. The first-order valence-corrected chi connectivity index (χ1v) is 4.92. The first kappa shape index (κ1) is 10.8. The number of nitrogens with two attached hydrogens (primary N) is 1. The van der Waals surface area contributed by atoms with Crippen LogP contribution in [0.5, 0.6) is 0 Å². The third-order valence-corrected chi connectivity index (χ3v) is 2.42. The van der Waals surface area contributed by atoms with Crippen LogP contribution in [0.25, 0.3) is 0 Å². The summed E-state index contributed by atoms with van der Waals surface area (Å²) in [5, 5.41) is 0. The summed E-state index contributed by atoms with van der Waals surface area (Å²) in [4.78, 5) is 11.0. The highest BCUT2D eigenvalue weighted by Gasteiger charge is 2.05. The van der Waals surface area contributed by atoms with Crippen molar-refractivity contribution in [2.24, 2.45) is 0 Å². The van der Waals surface area contributed by atoms with Gasteiger partial charge >= 0.3 is 0 Å². The van der Waals surface area contributed by atoms with Crippen LogP contribution >= 0.6 is 0 Å². The normalized spacial score (nSPS) is 10.2. The zero-order chi connectivity index (χ0) is 10.7. The van der Waals surface area contributed by atoms with Crippen LogP contribution in [0, 0.1) is 6.92 Å². The summed E-state index contributed by atoms with van der Waals surface area (Å²) < 4.78 is 0. The molecule has 1 rings (SSSR count). The Balaban J connectivity index is 3.10. The smallest absolute Gasteiger partial charge is 0.134 e. The first-order chi connectivity index (χ1) is 6.54. The second kappa shape index (κ2) is 4.27. The molecule has 0 radical (unpaired) electrons. The Morgan fingerprint density at radius 1 is 1.36 bits per heavy atom. The number of hydrogen-bond acceptors (Lipinski definition) is 2. The highest BCUT2D eigenvalue weighted by atomic mass is 16.1. The monoisotopic (exact) mass is 191 g/mol. The molecule has 0 saturated heterocycles. The van der Waals surface area contributed by atoms with Crippen LogP contribution in [-0.2, 0) is 17.6 Å². The zero-order valence-electron chi connectivity index (χ0n) is 9.05. The molecule has 14 heavy (non-hydrogen) atoms. The van der Waals surface area contributed by atoms with Gasteiger partial charge in [-0.25, -0.2) is 0 Å². The SMILES string of the molecule is CCc1cc(CC(C)=O)c(C)cc1N. The molecule has 0 saturated carbocycles. The molecule has 2 nitrogen and oxygen atoms in total. The maximum atomic E-state index is 11.0. The molecule has 0 heterocycles. The Kier molecular flexibility index (Phi) is 3.28. The number of carbonyl (C=O) groups is 1. The molecule has 1 aromatic rings. The van der Waals surface area contributed by atoms with Gasteiger partial charge in [-0.2, -0.15) is 0 Å². The standard InChI is InChI=1S/C12H17NO/c1-4-10-7-11(6-9(3)14)8(2)5-12(10)13/h5,7H,4,6,13H2,1-3H3. The van der Waals surface area contributed by atoms with Crippen LogP contribution in [0.3, 0.4) is 0 Å². The lowest BCUT2D eigenvalue weighted by Gasteiger charge is -2.09. The maximum absolute atomic E-state index is 11.0. The lowest BCUT2D eigenvalue weighted by atomic mass is 9.98. The van der Waals surface area contributed by atoms with Gasteiger partial charge in [-0.3, -0.25) is 4.79 Å². The van der Waals surface area contributed by atoms with E-state index in [2.05, 4.69) is 6.92 Å². The quantitative estimate of drug-likeness (QED) is 0.745. The Morgan fingerprint density at radius 2 is 2.00 bits per heavy atom. The van der Waals surface area contributed by atoms with Crippen molar-refractivity contribution in [2.45, 2.75) is 33.6 Å². The van der Waals surface area contributed by atoms with E-state index >= 15 is 0 Å². The van der Waals surface area contributed by atoms with Crippen LogP contribution < -0.4 is 5.73 Å². The van der Waals surface area contributed by atoms with Gasteiger partial charge in [-0.1, -0.05) is 13.0 Å². The summed E-state index contributed by atoms with van der Waals surface area (Å²) in [5.41, 5.74) is 10.0. The number of anilines is 1. The van der Waals surface area contributed by atoms with Gasteiger partial charge in [0, 0.05) is 12.1 Å². The molecule has 0 fully saturated rings. The van der Waals surface area contributed by atoms with Crippen LogP contribution in [0.4, 0.5) is 5.69 Å². The zero-order valence-corrected chi connectivity index (χ0v) is 9.05. The second-order valence-corrected chi connectivity index (χ2v) is 3.71. The van der Waals surface area contributed by atoms with Crippen molar-refractivity contribution in [1.29, 1.82) is 0 Å². The molecular formula is C12H17NO. The average Bonchev–Trinajstić information content (AvgIpc) is 2.09. The number of carbonyl (C=O) groups excluding carboxylic acids is 1. The molecule has 0 aromatic heterocycles. The molecule has 0 aliphatic heterocycles. The number of hydrogen-bond donors (Lipinski definition) is 1. The largest absolute Gasteiger partial charge is 0.398 e. The van der Waals surface area contributed by atoms with Gasteiger partial charge in [0.05, 0.1) is 0 Å². The van der Waals surface area contributed by atoms with Gasteiger partial charge in [0.1, 0.15) is 5.78 Å². The molecule has 0 amide bonds. The van der Waals surface area contributed by atoms with E-state index in [4.69, 9.17) is 5.73 Å². The summed E-state index contributed by atoms with van der Waals surface area (Å²) in [6.45, 7) is 5.67. The van der Waals surface area contributed by atoms with E-state index in [1.807, 2.05) is 19.1 Å². The minimum Gasteiger partial charge on any atom is -0.398 e. The molecule has 0 spiro atoms. The molecule has 1 aromatic carbocycles. The van der Waals surface area contributed by atoms with Crippen molar-refractivity contribution >= 4 is 11.5 Å². The number of Topliss-reactive ketones (excluding diaryl/α,β-unsaturated/α-hetero) is 1. The fourth-order valence-corrected chi connectivity index (χ4v) is 1.59. The van der Waals surface area contributed by atoms with Gasteiger partial charge in [0.15, 0.2) is 0 Å². The minimum atomic E-state index is 0.194. The third-order valence-electron chi connectivity index (χ3n) is 2.42. The van der Waals surface area contributed by atoms with E-state index in [0.29, 0.717) is 6.42 Å². The molecule has 2 heteroatoms. The summed E-state index contributed by atoms with van der Waals surface area (Å²) in [6, 6.07) is 4.00. The summed E-state index contributed by atoms with van der Waals surface area (Å²) in [7, 11) is 0. The predicted octanol–water partition coefficient (Wildman–Crippen LogP) is 2.27. The van der Waals surface area contributed by atoms with E-state index in [9.17, 15) is 4.79 Å². The highest BCUT2D eigenvalue weighted by Crippen LogP contribution is 2.19. The molecule has 0 bridgehead atoms. The second-order valence-electron chi connectivity index (χ2n) is 3.71. The van der Waals surface area contributed by atoms with Crippen molar-refractivity contribution in [3.63, 3.8) is 0 Å². The van der Waals surface area contributed by atoms with Gasteiger partial charge in [0.2, 0.25) is 0 Å². The third kappa shape index (κ3) is 2.34. The Labute approximate surface area is 85.1 Å². The topological polar surface area (TPSA) is 43.1 Å². The van der Waals surface area contributed by atoms with Gasteiger partial charge in [-0.15, -0.1) is 0 Å². The van der Waals surface area contributed by atoms with E-state index < -0.39 is 0 Å². The van der Waals surface area contributed by atoms with Crippen molar-refractivity contribution in [3.05, 3.63) is 28.8 Å². The molecule has 0 unspecified atom stereocenters. The number of ketones is 1. The van der Waals surface area contributed by atoms with Gasteiger partial charge in [-0.05, 0) is 43.0 Å². The maximum Gasteiger partial charge on any atom is 0.134 e. The van der Waals surface area contributed by atoms with Gasteiger partial charge < -0.3 is 5.73 Å². The lowest BCUT2D eigenvalue weighted by Crippen LogP contribution is -2.02. The number of benzene rings is 1. The van der Waals surface area contributed by atoms with Crippen LogP contribution in [0.2, 0.25) is 0 Å². The van der Waals surface area contributed by atoms with E-state index in [1.165, 1.54) is 0 Å². The highest BCUT2D eigenvalue weighted by molar-refractivity contribution is 5.79. The van der Waals surface area contributed by atoms with E-state index in [-0.39, 0.29) is 5.78 Å². The summed E-state index contributed by atoms with van der Waals surface area (Å²) >= 11 is 0. The van der Waals surface area contributed by atoms with Crippen LogP contribution in [0.15, 0.2) is 12.1 Å². The number of aryl methyl sites for hydroxylation is 2. The number of nitrogen functional groups attached to an aromatic ring is 1. The van der Waals surface area contributed by atoms with Gasteiger partial charge in [0.25, 0.3) is 0 Å². The molecule has 2 N–H and O–H groups in total.